The molecule has 0 radical (unpaired) electrons. The van der Waals surface area contributed by atoms with Crippen molar-refractivity contribution in [2.75, 3.05) is 0 Å². The molecule has 2 unspecified atom stereocenters. The summed E-state index contributed by atoms with van der Waals surface area (Å²) in [6, 6.07) is 5.43. The Balaban J connectivity index is 2.19. The van der Waals surface area contributed by atoms with Gasteiger partial charge in [-0.2, -0.15) is 26.3 Å². The number of hydrogen-bond acceptors (Lipinski definition) is 2. The van der Waals surface area contributed by atoms with Crippen LogP contribution in [-0.2, 0) is 11.2 Å². The lowest BCUT2D eigenvalue weighted by Crippen LogP contribution is -2.47. The van der Waals surface area contributed by atoms with Crippen LogP contribution >= 0.6 is 0 Å². The van der Waals surface area contributed by atoms with E-state index in [4.69, 9.17) is 5.73 Å². The smallest absolute Gasteiger partial charge is 0.355 e. The number of alkyl halides is 6. The van der Waals surface area contributed by atoms with E-state index in [1.807, 2.05) is 0 Å². The molecule has 2 rings (SSSR count). The second kappa shape index (κ2) is 4.92. The normalized spacial score (nSPS) is 23.2. The maximum atomic E-state index is 12.4. The van der Waals surface area contributed by atoms with Gasteiger partial charge >= 0.3 is 12.4 Å². The molecule has 2 nitrogen and oxygen atoms in total. The predicted octanol–water partition coefficient (Wildman–Crippen LogP) is 3.12. The minimum Gasteiger partial charge on any atom is -0.355 e. The summed E-state index contributed by atoms with van der Waals surface area (Å²) in [5.74, 6) is 0. The number of hydrogen-bond donors (Lipinski definition) is 1. The minimum atomic E-state index is -5.52. The van der Waals surface area contributed by atoms with Gasteiger partial charge in [0.1, 0.15) is 0 Å². The van der Waals surface area contributed by atoms with Gasteiger partial charge in [-0.15, -0.1) is 0 Å². The maximum Gasteiger partial charge on any atom is 0.423 e. The van der Waals surface area contributed by atoms with E-state index in [9.17, 15) is 26.3 Å². The van der Waals surface area contributed by atoms with E-state index in [1.165, 1.54) is 0 Å². The molecule has 8 heteroatoms. The number of rotatable bonds is 2. The summed E-state index contributed by atoms with van der Waals surface area (Å²) < 4.78 is 78.9. The second-order valence-electron chi connectivity index (χ2n) is 4.57. The lowest BCUT2D eigenvalue weighted by molar-refractivity contribution is -0.331. The molecule has 0 bridgehead atoms. The quantitative estimate of drug-likeness (QED) is 0.852. The van der Waals surface area contributed by atoms with Crippen molar-refractivity contribution in [3.63, 3.8) is 0 Å². The summed E-state index contributed by atoms with van der Waals surface area (Å²) in [7, 11) is 0. The third kappa shape index (κ3) is 2.90. The van der Waals surface area contributed by atoms with Crippen LogP contribution in [0.4, 0.5) is 26.3 Å². The molecular formula is C12H11F6NO. The van der Waals surface area contributed by atoms with Gasteiger partial charge < -0.3 is 10.5 Å². The van der Waals surface area contributed by atoms with E-state index in [2.05, 4.69) is 4.74 Å². The fourth-order valence-electron chi connectivity index (χ4n) is 2.24. The Morgan fingerprint density at radius 1 is 1.05 bits per heavy atom. The largest absolute Gasteiger partial charge is 0.423 e. The van der Waals surface area contributed by atoms with Crippen LogP contribution in [0.25, 0.3) is 0 Å². The Morgan fingerprint density at radius 2 is 1.60 bits per heavy atom. The van der Waals surface area contributed by atoms with Gasteiger partial charge in [0.25, 0.3) is 0 Å². The molecule has 0 heterocycles. The zero-order valence-corrected chi connectivity index (χ0v) is 10.0. The first-order valence-electron chi connectivity index (χ1n) is 5.73. The number of benzene rings is 1. The molecule has 2 atom stereocenters. The summed E-state index contributed by atoms with van der Waals surface area (Å²) in [5.41, 5.74) is 6.78. The predicted molar refractivity (Wildman–Crippen MR) is 57.8 cm³/mol. The summed E-state index contributed by atoms with van der Waals surface area (Å²) >= 11 is 0. The van der Waals surface area contributed by atoms with Crippen LogP contribution in [0.2, 0.25) is 0 Å². The van der Waals surface area contributed by atoms with Crippen LogP contribution in [0.3, 0.4) is 0 Å². The minimum absolute atomic E-state index is 0.0694. The highest BCUT2D eigenvalue weighted by Crippen LogP contribution is 2.40. The lowest BCUT2D eigenvalue weighted by atomic mass is 10.1. The van der Waals surface area contributed by atoms with E-state index in [0.717, 1.165) is 0 Å². The molecule has 0 aliphatic heterocycles. The summed E-state index contributed by atoms with van der Waals surface area (Å²) in [6.45, 7) is 0. The van der Waals surface area contributed by atoms with Crippen molar-refractivity contribution in [2.45, 2.75) is 37.0 Å². The van der Waals surface area contributed by atoms with Crippen LogP contribution in [0.15, 0.2) is 24.3 Å². The molecule has 0 saturated heterocycles. The summed E-state index contributed by atoms with van der Waals surface area (Å²) in [6.07, 6.45) is -16.3. The van der Waals surface area contributed by atoms with Crippen molar-refractivity contribution in [2.24, 2.45) is 5.73 Å². The molecule has 1 aliphatic carbocycles. The van der Waals surface area contributed by atoms with Crippen molar-refractivity contribution in [1.82, 2.24) is 0 Å². The zero-order valence-electron chi connectivity index (χ0n) is 10.0. The summed E-state index contributed by atoms with van der Waals surface area (Å²) in [4.78, 5) is 0. The van der Waals surface area contributed by atoms with Gasteiger partial charge in [-0.25, -0.2) is 0 Å². The monoisotopic (exact) mass is 299 g/mol. The molecule has 1 aromatic carbocycles. The standard InChI is InChI=1S/C12H11F6NO/c13-11(14,15)10(12(16,17)18)20-8-5-6-3-1-2-4-7(6)9(8)19/h1-4,8-10H,5,19H2. The Morgan fingerprint density at radius 3 is 2.10 bits per heavy atom. The second-order valence-corrected chi connectivity index (χ2v) is 4.57. The first-order chi connectivity index (χ1) is 9.10. The third-order valence-corrected chi connectivity index (χ3v) is 3.14. The average Bonchev–Trinajstić information content (AvgIpc) is 2.61. The van der Waals surface area contributed by atoms with Crippen molar-refractivity contribution in [3.05, 3.63) is 35.4 Å². The van der Waals surface area contributed by atoms with Crippen LogP contribution in [0, 0.1) is 0 Å². The molecule has 0 amide bonds. The van der Waals surface area contributed by atoms with E-state index >= 15 is 0 Å². The maximum absolute atomic E-state index is 12.4. The van der Waals surface area contributed by atoms with E-state index in [0.29, 0.717) is 11.1 Å². The third-order valence-electron chi connectivity index (χ3n) is 3.14. The Hall–Kier alpha value is -1.28. The van der Waals surface area contributed by atoms with Crippen LogP contribution in [0.1, 0.15) is 17.2 Å². The van der Waals surface area contributed by atoms with Gasteiger partial charge in [0.05, 0.1) is 12.1 Å². The highest BCUT2D eigenvalue weighted by Gasteiger charge is 2.59. The fourth-order valence-corrected chi connectivity index (χ4v) is 2.24. The number of nitrogens with two attached hydrogens (primary N) is 1. The van der Waals surface area contributed by atoms with Gasteiger partial charge in [0.15, 0.2) is 0 Å². The molecule has 112 valence electrons. The van der Waals surface area contributed by atoms with Gasteiger partial charge in [-0.05, 0) is 11.1 Å². The zero-order chi connectivity index (χ0) is 15.1. The van der Waals surface area contributed by atoms with Crippen molar-refractivity contribution >= 4 is 0 Å². The van der Waals surface area contributed by atoms with Gasteiger partial charge in [-0.1, -0.05) is 24.3 Å². The van der Waals surface area contributed by atoms with Crippen LogP contribution in [0.5, 0.6) is 0 Å². The van der Waals surface area contributed by atoms with Gasteiger partial charge in [0.2, 0.25) is 6.10 Å². The molecular weight excluding hydrogens is 288 g/mol. The van der Waals surface area contributed by atoms with Gasteiger partial charge in [-0.3, -0.25) is 0 Å². The summed E-state index contributed by atoms with van der Waals surface area (Å²) in [5, 5.41) is 0. The topological polar surface area (TPSA) is 35.2 Å². The Labute approximate surface area is 110 Å². The van der Waals surface area contributed by atoms with Crippen molar-refractivity contribution in [1.29, 1.82) is 0 Å². The number of ether oxygens (including phenoxy) is 1. The number of halogens is 6. The van der Waals surface area contributed by atoms with Crippen LogP contribution in [-0.4, -0.2) is 24.6 Å². The van der Waals surface area contributed by atoms with Crippen LogP contribution < -0.4 is 5.73 Å². The SMILES string of the molecule is NC1c2ccccc2CC1OC(C(F)(F)F)C(F)(F)F. The molecule has 1 aromatic rings. The fraction of sp³-hybridized carbons (Fsp3) is 0.500. The average molecular weight is 299 g/mol. The first kappa shape index (κ1) is 15.1. The molecule has 1 aliphatic rings. The Bertz CT molecular complexity index is 470. The highest BCUT2D eigenvalue weighted by molar-refractivity contribution is 5.36. The first-order valence-corrected chi connectivity index (χ1v) is 5.73. The molecule has 0 saturated carbocycles. The molecule has 20 heavy (non-hydrogen) atoms. The molecule has 0 aromatic heterocycles. The van der Waals surface area contributed by atoms with E-state index in [-0.39, 0.29) is 6.42 Å². The van der Waals surface area contributed by atoms with E-state index in [1.54, 1.807) is 24.3 Å². The lowest BCUT2D eigenvalue weighted by Gasteiger charge is -2.28. The highest BCUT2D eigenvalue weighted by atomic mass is 19.4. The number of fused-ring (bicyclic) bond motifs is 1. The molecule has 2 N–H and O–H groups in total. The van der Waals surface area contributed by atoms with Crippen molar-refractivity contribution < 1.29 is 31.1 Å². The molecule has 0 fully saturated rings. The molecule has 0 spiro atoms. The van der Waals surface area contributed by atoms with Gasteiger partial charge in [0, 0.05) is 6.42 Å². The Kier molecular flexibility index (Phi) is 3.72. The van der Waals surface area contributed by atoms with E-state index < -0.39 is 30.6 Å². The van der Waals surface area contributed by atoms with Crippen molar-refractivity contribution in [3.8, 4) is 0 Å².